The summed E-state index contributed by atoms with van der Waals surface area (Å²) in [6.45, 7) is 7.05. The zero-order valence-corrected chi connectivity index (χ0v) is 18.2. The molecule has 5 nitrogen and oxygen atoms in total. The van der Waals surface area contributed by atoms with Crippen molar-refractivity contribution in [1.29, 1.82) is 0 Å². The summed E-state index contributed by atoms with van der Waals surface area (Å²) < 4.78 is 24.6. The normalized spacial score (nSPS) is 16.4. The SMILES string of the molecule is CCOc1cc(C[C@H]2SC(=O)N(CC(C)C)C2=O)ccc1OCc1ccc(F)cc1. The van der Waals surface area contributed by atoms with Crippen molar-refractivity contribution in [3.8, 4) is 11.5 Å². The van der Waals surface area contributed by atoms with Crippen LogP contribution in [0.4, 0.5) is 9.18 Å². The first-order valence-electron chi connectivity index (χ1n) is 10.0. The molecular weight excluding hydrogens is 405 g/mol. The van der Waals surface area contributed by atoms with Gasteiger partial charge in [-0.2, -0.15) is 0 Å². The van der Waals surface area contributed by atoms with Crippen molar-refractivity contribution in [2.24, 2.45) is 5.92 Å². The highest BCUT2D eigenvalue weighted by Crippen LogP contribution is 2.34. The number of ether oxygens (including phenoxy) is 2. The van der Waals surface area contributed by atoms with Gasteiger partial charge in [0.15, 0.2) is 11.5 Å². The van der Waals surface area contributed by atoms with Gasteiger partial charge in [-0.3, -0.25) is 14.5 Å². The molecule has 1 fully saturated rings. The molecule has 0 radical (unpaired) electrons. The van der Waals surface area contributed by atoms with E-state index >= 15 is 0 Å². The summed E-state index contributed by atoms with van der Waals surface area (Å²) in [5.74, 6) is 0.973. The smallest absolute Gasteiger partial charge is 0.289 e. The predicted octanol–water partition coefficient (Wildman–Crippen LogP) is 5.07. The highest BCUT2D eigenvalue weighted by atomic mass is 32.2. The van der Waals surface area contributed by atoms with Gasteiger partial charge in [-0.25, -0.2) is 4.39 Å². The van der Waals surface area contributed by atoms with Crippen LogP contribution >= 0.6 is 11.8 Å². The first kappa shape index (κ1) is 22.2. The van der Waals surface area contributed by atoms with Gasteiger partial charge in [0.1, 0.15) is 12.4 Å². The standard InChI is InChI=1S/C23H26FNO4S/c1-4-28-20-11-17(12-21-22(26)25(13-15(2)3)23(27)30-21)7-10-19(20)29-14-16-5-8-18(24)9-6-16/h5-11,15,21H,4,12-14H2,1-3H3/t21-/m1/s1. The fourth-order valence-corrected chi connectivity index (χ4v) is 4.22. The van der Waals surface area contributed by atoms with Crippen LogP contribution in [-0.4, -0.2) is 34.4 Å². The lowest BCUT2D eigenvalue weighted by molar-refractivity contribution is -0.127. The molecule has 0 saturated carbocycles. The number of carbonyl (C=O) groups is 2. The zero-order valence-electron chi connectivity index (χ0n) is 17.4. The Balaban J connectivity index is 1.69. The van der Waals surface area contributed by atoms with E-state index in [9.17, 15) is 14.0 Å². The number of benzene rings is 2. The summed E-state index contributed by atoms with van der Waals surface area (Å²) in [4.78, 5) is 26.2. The summed E-state index contributed by atoms with van der Waals surface area (Å²) in [6, 6.07) is 11.7. The largest absolute Gasteiger partial charge is 0.490 e. The number of amides is 2. The van der Waals surface area contributed by atoms with Crippen molar-refractivity contribution in [1.82, 2.24) is 4.90 Å². The van der Waals surface area contributed by atoms with Gasteiger partial charge in [-0.05, 0) is 54.7 Å². The van der Waals surface area contributed by atoms with Crippen LogP contribution in [0.3, 0.4) is 0 Å². The number of halogens is 1. The van der Waals surface area contributed by atoms with Gasteiger partial charge in [0.05, 0.1) is 11.9 Å². The molecule has 0 aliphatic carbocycles. The van der Waals surface area contributed by atoms with E-state index in [4.69, 9.17) is 9.47 Å². The molecule has 7 heteroatoms. The number of imide groups is 1. The maximum absolute atomic E-state index is 13.1. The third-order valence-corrected chi connectivity index (χ3v) is 5.66. The minimum absolute atomic E-state index is 0.131. The summed E-state index contributed by atoms with van der Waals surface area (Å²) in [7, 11) is 0. The Hall–Kier alpha value is -2.54. The van der Waals surface area contributed by atoms with Crippen LogP contribution in [0.5, 0.6) is 11.5 Å². The van der Waals surface area contributed by atoms with Crippen LogP contribution in [-0.2, 0) is 17.8 Å². The molecule has 1 aliphatic rings. The van der Waals surface area contributed by atoms with Crippen molar-refractivity contribution < 1.29 is 23.5 Å². The first-order valence-corrected chi connectivity index (χ1v) is 10.9. The van der Waals surface area contributed by atoms with E-state index in [1.165, 1.54) is 17.0 Å². The van der Waals surface area contributed by atoms with E-state index in [1.807, 2.05) is 39.0 Å². The Bertz CT molecular complexity index is 901. The summed E-state index contributed by atoms with van der Waals surface area (Å²) in [6.07, 6.45) is 0.447. The molecule has 1 aliphatic heterocycles. The zero-order chi connectivity index (χ0) is 21.7. The van der Waals surface area contributed by atoms with Crippen molar-refractivity contribution in [3.05, 3.63) is 59.4 Å². The van der Waals surface area contributed by atoms with Gasteiger partial charge in [0.2, 0.25) is 5.91 Å². The second-order valence-electron chi connectivity index (χ2n) is 7.55. The number of nitrogens with zero attached hydrogens (tertiary/aromatic N) is 1. The van der Waals surface area contributed by atoms with Crippen LogP contribution in [0.25, 0.3) is 0 Å². The van der Waals surface area contributed by atoms with Crippen LogP contribution in [0, 0.1) is 11.7 Å². The minimum Gasteiger partial charge on any atom is -0.490 e. The van der Waals surface area contributed by atoms with Gasteiger partial charge < -0.3 is 9.47 Å². The van der Waals surface area contributed by atoms with Crippen LogP contribution in [0.15, 0.2) is 42.5 Å². The van der Waals surface area contributed by atoms with Gasteiger partial charge in [-0.15, -0.1) is 0 Å². The summed E-state index contributed by atoms with van der Waals surface area (Å²) in [5, 5.41) is -0.598. The van der Waals surface area contributed by atoms with E-state index in [0.717, 1.165) is 22.9 Å². The maximum Gasteiger partial charge on any atom is 0.289 e. The van der Waals surface area contributed by atoms with Crippen molar-refractivity contribution in [2.75, 3.05) is 13.2 Å². The number of thioether (sulfide) groups is 1. The molecule has 0 bridgehead atoms. The lowest BCUT2D eigenvalue weighted by Gasteiger charge is -2.16. The molecule has 3 rings (SSSR count). The molecule has 1 saturated heterocycles. The fraction of sp³-hybridized carbons (Fsp3) is 0.391. The maximum atomic E-state index is 13.1. The van der Waals surface area contributed by atoms with Crippen LogP contribution in [0.2, 0.25) is 0 Å². The topological polar surface area (TPSA) is 55.8 Å². The second kappa shape index (κ2) is 9.98. The van der Waals surface area contributed by atoms with Crippen LogP contribution in [0.1, 0.15) is 31.9 Å². The number of hydrogen-bond donors (Lipinski definition) is 0. The van der Waals surface area contributed by atoms with E-state index < -0.39 is 5.25 Å². The Morgan fingerprint density at radius 2 is 1.73 bits per heavy atom. The molecule has 2 amide bonds. The van der Waals surface area contributed by atoms with E-state index in [1.54, 1.807) is 12.1 Å². The van der Waals surface area contributed by atoms with Gasteiger partial charge in [0, 0.05) is 6.54 Å². The van der Waals surface area contributed by atoms with Crippen LogP contribution < -0.4 is 9.47 Å². The molecule has 1 heterocycles. The molecule has 2 aromatic rings. The van der Waals surface area contributed by atoms with E-state index in [-0.39, 0.29) is 29.5 Å². The molecule has 30 heavy (non-hydrogen) atoms. The van der Waals surface area contributed by atoms with Gasteiger partial charge in [0.25, 0.3) is 5.24 Å². The van der Waals surface area contributed by atoms with Crippen molar-refractivity contribution in [3.63, 3.8) is 0 Å². The quantitative estimate of drug-likeness (QED) is 0.555. The monoisotopic (exact) mass is 431 g/mol. The molecule has 0 unspecified atom stereocenters. The molecule has 0 spiro atoms. The lowest BCUT2D eigenvalue weighted by Crippen LogP contribution is -2.35. The molecule has 1 atom stereocenters. The number of hydrogen-bond acceptors (Lipinski definition) is 5. The number of rotatable bonds is 9. The van der Waals surface area contributed by atoms with Gasteiger partial charge in [-0.1, -0.05) is 43.8 Å². The van der Waals surface area contributed by atoms with Crippen molar-refractivity contribution >= 4 is 22.9 Å². The highest BCUT2D eigenvalue weighted by molar-refractivity contribution is 8.15. The Labute approximate surface area is 180 Å². The molecule has 0 N–H and O–H groups in total. The summed E-state index contributed by atoms with van der Waals surface area (Å²) >= 11 is 1.09. The van der Waals surface area contributed by atoms with E-state index in [2.05, 4.69) is 0 Å². The summed E-state index contributed by atoms with van der Waals surface area (Å²) in [5.41, 5.74) is 1.75. The molecule has 2 aromatic carbocycles. The molecule has 0 aromatic heterocycles. The lowest BCUT2D eigenvalue weighted by atomic mass is 10.1. The Morgan fingerprint density at radius 3 is 2.40 bits per heavy atom. The highest BCUT2D eigenvalue weighted by Gasteiger charge is 2.39. The fourth-order valence-electron chi connectivity index (χ4n) is 3.18. The Morgan fingerprint density at radius 1 is 1.03 bits per heavy atom. The predicted molar refractivity (Wildman–Crippen MR) is 115 cm³/mol. The molecule has 160 valence electrons. The minimum atomic E-state index is -0.420. The number of carbonyl (C=O) groups excluding carboxylic acids is 2. The molecular formula is C23H26FNO4S. The van der Waals surface area contributed by atoms with Gasteiger partial charge >= 0.3 is 0 Å². The average Bonchev–Trinajstić information content (AvgIpc) is 2.96. The third kappa shape index (κ3) is 5.53. The average molecular weight is 432 g/mol. The van der Waals surface area contributed by atoms with E-state index in [0.29, 0.717) is 31.1 Å². The third-order valence-electron chi connectivity index (χ3n) is 4.59. The Kier molecular flexibility index (Phi) is 7.37. The first-order chi connectivity index (χ1) is 14.4. The second-order valence-corrected chi connectivity index (χ2v) is 8.70. The van der Waals surface area contributed by atoms with Crippen molar-refractivity contribution in [2.45, 2.75) is 39.0 Å².